The zero-order valence-corrected chi connectivity index (χ0v) is 35.3. The van der Waals surface area contributed by atoms with Crippen LogP contribution in [0.15, 0.2) is 94.6 Å². The van der Waals surface area contributed by atoms with Gasteiger partial charge in [-0.25, -0.2) is 9.46 Å². The highest BCUT2D eigenvalue weighted by molar-refractivity contribution is 7.44. The number of hydrogen-bond donors (Lipinski definition) is 1. The van der Waals surface area contributed by atoms with Crippen LogP contribution in [-0.4, -0.2) is 92.4 Å². The number of aromatic amines is 1. The summed E-state index contributed by atoms with van der Waals surface area (Å²) in [4.78, 5) is 28.6. The number of aromatic nitrogens is 2. The van der Waals surface area contributed by atoms with Gasteiger partial charge < -0.3 is 37.5 Å². The summed E-state index contributed by atoms with van der Waals surface area (Å²) >= 11 is 0. The van der Waals surface area contributed by atoms with Gasteiger partial charge in [0.25, 0.3) is 14.1 Å². The van der Waals surface area contributed by atoms with E-state index in [4.69, 9.17) is 37.5 Å². The third-order valence-electron chi connectivity index (χ3n) is 9.80. The summed E-state index contributed by atoms with van der Waals surface area (Å²) in [6.07, 6.45) is -2.17. The Balaban J connectivity index is 1.73. The van der Waals surface area contributed by atoms with Crippen molar-refractivity contribution in [2.75, 3.05) is 47.8 Å². The summed E-state index contributed by atoms with van der Waals surface area (Å²) in [5.74, 6) is 1.32. The van der Waals surface area contributed by atoms with E-state index in [1.54, 1.807) is 28.3 Å². The van der Waals surface area contributed by atoms with E-state index >= 15 is 0 Å². The molecule has 1 aromatic heterocycles. The molecule has 1 aliphatic rings. The van der Waals surface area contributed by atoms with E-state index < -0.39 is 49.9 Å². The van der Waals surface area contributed by atoms with Crippen LogP contribution in [0, 0.1) is 18.3 Å². The summed E-state index contributed by atoms with van der Waals surface area (Å²) in [6, 6.07) is 27.4. The first-order valence-corrected chi connectivity index (χ1v) is 20.4. The van der Waals surface area contributed by atoms with Crippen LogP contribution in [-0.2, 0) is 33.6 Å². The smallest absolute Gasteiger partial charge is 0.330 e. The molecule has 5 atom stereocenters. The van der Waals surface area contributed by atoms with E-state index in [0.29, 0.717) is 17.1 Å². The number of nitrogens with zero attached hydrogens (tertiary/aromatic N) is 3. The summed E-state index contributed by atoms with van der Waals surface area (Å²) in [6.45, 7) is 10.4. The van der Waals surface area contributed by atoms with Gasteiger partial charge in [-0.2, -0.15) is 5.26 Å². The number of rotatable bonds is 21. The molecule has 0 spiro atoms. The van der Waals surface area contributed by atoms with Crippen molar-refractivity contribution in [1.82, 2.24) is 14.2 Å². The minimum absolute atomic E-state index is 0.0428. The Labute approximate surface area is 341 Å². The van der Waals surface area contributed by atoms with Crippen molar-refractivity contribution in [2.24, 2.45) is 0 Å². The minimum Gasteiger partial charge on any atom is -0.497 e. The van der Waals surface area contributed by atoms with Gasteiger partial charge in [-0.3, -0.25) is 14.3 Å². The third kappa shape index (κ3) is 10.2. The molecular formula is C43H55N4O10P. The van der Waals surface area contributed by atoms with E-state index in [1.807, 2.05) is 78.9 Å². The van der Waals surface area contributed by atoms with Crippen molar-refractivity contribution in [2.45, 2.75) is 83.3 Å². The molecule has 1 aliphatic heterocycles. The fourth-order valence-electron chi connectivity index (χ4n) is 7.11. The van der Waals surface area contributed by atoms with E-state index in [1.165, 1.54) is 10.8 Å². The van der Waals surface area contributed by atoms with Crippen molar-refractivity contribution in [3.05, 3.63) is 128 Å². The molecule has 58 heavy (non-hydrogen) atoms. The van der Waals surface area contributed by atoms with Gasteiger partial charge in [0.15, 0.2) is 6.23 Å². The fraction of sp³-hybridized carbons (Fsp3) is 0.465. The van der Waals surface area contributed by atoms with E-state index in [0.717, 1.165) is 16.7 Å². The molecule has 5 rings (SSSR count). The first kappa shape index (κ1) is 44.7. The number of methoxy groups -OCH3 is 3. The van der Waals surface area contributed by atoms with Gasteiger partial charge in [-0.1, -0.05) is 54.6 Å². The zero-order chi connectivity index (χ0) is 41.8. The van der Waals surface area contributed by atoms with Crippen LogP contribution in [0.25, 0.3) is 0 Å². The average molecular weight is 819 g/mol. The highest BCUT2D eigenvalue weighted by Gasteiger charge is 2.53. The van der Waals surface area contributed by atoms with Crippen LogP contribution in [0.5, 0.6) is 11.5 Å². The molecule has 0 bridgehead atoms. The maximum absolute atomic E-state index is 13.6. The van der Waals surface area contributed by atoms with Gasteiger partial charge in [-0.05, 0) is 75.6 Å². The van der Waals surface area contributed by atoms with Gasteiger partial charge in [0.1, 0.15) is 35.4 Å². The molecular weight excluding hydrogens is 763 g/mol. The van der Waals surface area contributed by atoms with E-state index in [-0.39, 0.29) is 44.9 Å². The van der Waals surface area contributed by atoms with Gasteiger partial charge >= 0.3 is 5.69 Å². The van der Waals surface area contributed by atoms with Crippen molar-refractivity contribution in [3.8, 4) is 17.6 Å². The van der Waals surface area contributed by atoms with Crippen LogP contribution in [0.1, 0.15) is 62.6 Å². The first-order valence-electron chi connectivity index (χ1n) is 19.3. The van der Waals surface area contributed by atoms with Crippen molar-refractivity contribution < 1.29 is 37.5 Å². The Hall–Kier alpha value is -4.42. The molecule has 1 unspecified atom stereocenters. The number of nitrogens with one attached hydrogen (secondary N) is 1. The largest absolute Gasteiger partial charge is 0.497 e. The fourth-order valence-corrected chi connectivity index (χ4v) is 8.73. The average Bonchev–Trinajstić information content (AvgIpc) is 3.56. The second-order valence-electron chi connectivity index (χ2n) is 14.3. The molecule has 0 radical (unpaired) electrons. The van der Waals surface area contributed by atoms with Crippen LogP contribution in [0.3, 0.4) is 0 Å². The second-order valence-corrected chi connectivity index (χ2v) is 15.8. The maximum Gasteiger partial charge on any atom is 0.330 e. The highest BCUT2D eigenvalue weighted by Crippen LogP contribution is 2.49. The molecule has 0 amide bonds. The number of benzene rings is 3. The lowest BCUT2D eigenvalue weighted by Gasteiger charge is -2.41. The SMILES string of the molecule is COCCO[C@@H]1[C@H](OC(c2ccccc2)(c2ccc(OC)cc2)c2ccc(OC)cc2)[C@@H](COP(OCCC#N)N(C(C)C)C(C)C)O[C@H]1n1cc(C)c(=O)[nH]c1=O. The molecule has 0 saturated carbocycles. The molecule has 3 aromatic carbocycles. The second kappa shape index (κ2) is 21.0. The standard InChI is InChI=1S/C43H55N4O10P/c1-29(2)47(30(3)4)58(54-24-12-23-44)55-28-37-38(39(53-26-25-50-6)41(56-37)46-27-31(5)40(48)45-42(46)49)57-43(32-13-10-9-11-14-32,33-15-19-35(51-7)20-16-33)34-17-21-36(52-8)22-18-34/h9-11,13-22,27,29-30,37-39,41H,12,24-26,28H2,1-8H3,(H,45,48,49)/t37-,38-,39-,41-,58?/m1/s1. The topological polar surface area (TPSA) is 156 Å². The van der Waals surface area contributed by atoms with Crippen molar-refractivity contribution in [1.29, 1.82) is 5.26 Å². The Morgan fingerprint density at radius 3 is 1.95 bits per heavy atom. The Bertz CT molecular complexity index is 1980. The van der Waals surface area contributed by atoms with Crippen LogP contribution >= 0.6 is 8.53 Å². The normalized spacial score (nSPS) is 18.8. The van der Waals surface area contributed by atoms with Crippen molar-refractivity contribution >= 4 is 8.53 Å². The molecule has 1 saturated heterocycles. The van der Waals surface area contributed by atoms with Crippen LogP contribution in [0.4, 0.5) is 0 Å². The molecule has 1 N–H and O–H groups in total. The zero-order valence-electron chi connectivity index (χ0n) is 34.5. The molecule has 2 heterocycles. The van der Waals surface area contributed by atoms with Gasteiger partial charge in [0, 0.05) is 31.0 Å². The molecule has 0 aliphatic carbocycles. The summed E-state index contributed by atoms with van der Waals surface area (Å²) in [5.41, 5.74) is 0.161. The predicted octanol–water partition coefficient (Wildman–Crippen LogP) is 6.46. The number of H-pyrrole nitrogens is 1. The molecule has 312 valence electrons. The lowest BCUT2D eigenvalue weighted by molar-refractivity contribution is -0.128. The lowest BCUT2D eigenvalue weighted by Crippen LogP contribution is -2.47. The Morgan fingerprint density at radius 2 is 1.41 bits per heavy atom. The molecule has 15 heteroatoms. The number of aryl methyl sites for hydroxylation is 1. The Kier molecular flexibility index (Phi) is 16.2. The molecule has 14 nitrogen and oxygen atoms in total. The highest BCUT2D eigenvalue weighted by atomic mass is 31.2. The molecule has 4 aromatic rings. The number of ether oxygens (including phenoxy) is 6. The maximum atomic E-state index is 13.6. The molecule has 1 fully saturated rings. The monoisotopic (exact) mass is 818 g/mol. The van der Waals surface area contributed by atoms with E-state index in [9.17, 15) is 14.9 Å². The number of nitriles is 1. The first-order chi connectivity index (χ1) is 28.0. The Morgan fingerprint density at radius 1 is 0.828 bits per heavy atom. The quantitative estimate of drug-likeness (QED) is 0.0557. The third-order valence-corrected chi connectivity index (χ3v) is 11.9. The van der Waals surface area contributed by atoms with Gasteiger partial charge in [-0.15, -0.1) is 0 Å². The van der Waals surface area contributed by atoms with Crippen LogP contribution in [0.2, 0.25) is 0 Å². The predicted molar refractivity (Wildman–Crippen MR) is 220 cm³/mol. The van der Waals surface area contributed by atoms with Gasteiger partial charge in [0.05, 0.1) is 53.1 Å². The lowest BCUT2D eigenvalue weighted by atomic mass is 9.79. The summed E-state index contributed by atoms with van der Waals surface area (Å²) < 4.78 is 54.1. The van der Waals surface area contributed by atoms with E-state index in [2.05, 4.69) is 43.4 Å². The summed E-state index contributed by atoms with van der Waals surface area (Å²) in [5, 5.41) is 9.34. The minimum atomic E-state index is -1.70. The van der Waals surface area contributed by atoms with Gasteiger partial charge in [0.2, 0.25) is 0 Å². The number of hydrogen-bond acceptors (Lipinski definition) is 12. The summed E-state index contributed by atoms with van der Waals surface area (Å²) in [7, 11) is 3.10. The van der Waals surface area contributed by atoms with Crippen molar-refractivity contribution in [3.63, 3.8) is 0 Å². The van der Waals surface area contributed by atoms with Crippen LogP contribution < -0.4 is 20.7 Å².